The molecule has 1 aromatic rings. The van der Waals surface area contributed by atoms with E-state index in [1.54, 1.807) is 6.33 Å². The molecular weight excluding hydrogens is 306 g/mol. The van der Waals surface area contributed by atoms with Crippen LogP contribution in [0.15, 0.2) is 10.8 Å². The Morgan fingerprint density at radius 2 is 1.89 bits per heavy atom. The van der Waals surface area contributed by atoms with Crippen LogP contribution < -0.4 is 10.6 Å². The zero-order chi connectivity index (χ0) is 14.4. The highest BCUT2D eigenvalue weighted by Gasteiger charge is 2.17. The molecule has 0 aliphatic heterocycles. The van der Waals surface area contributed by atoms with Gasteiger partial charge in [0, 0.05) is 19.1 Å². The molecule has 5 nitrogen and oxygen atoms in total. The molecule has 1 rings (SSSR count). The molecule has 2 N–H and O–H groups in total. The Morgan fingerprint density at radius 3 is 2.42 bits per heavy atom. The van der Waals surface area contributed by atoms with Crippen LogP contribution in [-0.4, -0.2) is 48.1 Å². The van der Waals surface area contributed by atoms with Crippen LogP contribution in [0.4, 0.5) is 11.6 Å². The van der Waals surface area contributed by atoms with Crippen molar-refractivity contribution in [2.24, 2.45) is 5.92 Å². The van der Waals surface area contributed by atoms with Crippen molar-refractivity contribution in [1.29, 1.82) is 0 Å². The van der Waals surface area contributed by atoms with E-state index in [0.29, 0.717) is 12.0 Å². The smallest absolute Gasteiger partial charge is 0.146 e. The summed E-state index contributed by atoms with van der Waals surface area (Å²) in [6.07, 6.45) is 1.58. The Bertz CT molecular complexity index is 395. The number of nitrogens with zero attached hydrogens (tertiary/aromatic N) is 3. The van der Waals surface area contributed by atoms with Gasteiger partial charge in [-0.1, -0.05) is 13.8 Å². The number of hydrogen-bond donors (Lipinski definition) is 2. The van der Waals surface area contributed by atoms with Crippen molar-refractivity contribution in [1.82, 2.24) is 14.9 Å². The van der Waals surface area contributed by atoms with Crippen LogP contribution in [0.25, 0.3) is 0 Å². The maximum absolute atomic E-state index is 4.32. The van der Waals surface area contributed by atoms with E-state index in [4.69, 9.17) is 0 Å². The summed E-state index contributed by atoms with van der Waals surface area (Å²) in [7, 11) is 4.16. The number of halogens is 1. The monoisotopic (exact) mass is 329 g/mol. The standard InChI is InChI=1S/C13H24BrN5/c1-6-15-12-11(14)13(17-8-16-12)18-10(9(2)3)7-19(4)5/h8-10H,6-7H2,1-5H3,(H2,15,16,17,18). The molecule has 0 aliphatic rings. The SMILES string of the molecule is CCNc1ncnc(NC(CN(C)C)C(C)C)c1Br. The van der Waals surface area contributed by atoms with Gasteiger partial charge in [-0.25, -0.2) is 9.97 Å². The number of anilines is 2. The number of rotatable bonds is 7. The van der Waals surface area contributed by atoms with Crippen molar-refractivity contribution < 1.29 is 0 Å². The van der Waals surface area contributed by atoms with E-state index in [1.165, 1.54) is 0 Å². The normalized spacial score (nSPS) is 12.8. The van der Waals surface area contributed by atoms with Crippen molar-refractivity contribution in [3.63, 3.8) is 0 Å². The van der Waals surface area contributed by atoms with Crippen molar-refractivity contribution >= 4 is 27.6 Å². The molecular formula is C13H24BrN5. The van der Waals surface area contributed by atoms with Gasteiger partial charge in [-0.15, -0.1) is 0 Å². The predicted molar refractivity (Wildman–Crippen MR) is 84.7 cm³/mol. The van der Waals surface area contributed by atoms with Gasteiger partial charge in [0.25, 0.3) is 0 Å². The summed E-state index contributed by atoms with van der Waals surface area (Å²) >= 11 is 3.56. The molecule has 0 aromatic carbocycles. The van der Waals surface area contributed by atoms with Crippen molar-refractivity contribution in [3.05, 3.63) is 10.8 Å². The minimum absolute atomic E-state index is 0.343. The van der Waals surface area contributed by atoms with E-state index in [2.05, 4.69) is 69.4 Å². The molecule has 108 valence electrons. The molecule has 0 saturated heterocycles. The van der Waals surface area contributed by atoms with E-state index in [-0.39, 0.29) is 0 Å². The summed E-state index contributed by atoms with van der Waals surface area (Å²) in [6.45, 7) is 8.26. The average molecular weight is 330 g/mol. The third-order valence-corrected chi connectivity index (χ3v) is 3.57. The third kappa shape index (κ3) is 4.95. The van der Waals surface area contributed by atoms with Crippen LogP contribution in [0.3, 0.4) is 0 Å². The van der Waals surface area contributed by atoms with Crippen molar-refractivity contribution in [2.45, 2.75) is 26.8 Å². The summed E-state index contributed by atoms with van der Waals surface area (Å²) in [5.74, 6) is 2.19. The Hall–Kier alpha value is -0.880. The van der Waals surface area contributed by atoms with Crippen molar-refractivity contribution in [2.75, 3.05) is 37.8 Å². The summed E-state index contributed by atoms with van der Waals surface area (Å²) < 4.78 is 0.890. The highest BCUT2D eigenvalue weighted by molar-refractivity contribution is 9.10. The van der Waals surface area contributed by atoms with E-state index in [1.807, 2.05) is 6.92 Å². The lowest BCUT2D eigenvalue weighted by molar-refractivity contribution is 0.344. The third-order valence-electron chi connectivity index (χ3n) is 2.82. The van der Waals surface area contributed by atoms with Crippen LogP contribution in [0.2, 0.25) is 0 Å². The minimum Gasteiger partial charge on any atom is -0.369 e. The van der Waals surface area contributed by atoms with E-state index in [9.17, 15) is 0 Å². The minimum atomic E-state index is 0.343. The second kappa shape index (κ2) is 7.65. The van der Waals surface area contributed by atoms with E-state index in [0.717, 1.165) is 29.2 Å². The van der Waals surface area contributed by atoms with E-state index >= 15 is 0 Å². The molecule has 1 aromatic heterocycles. The van der Waals surface area contributed by atoms with Crippen LogP contribution >= 0.6 is 15.9 Å². The van der Waals surface area contributed by atoms with Gasteiger partial charge in [-0.05, 0) is 42.9 Å². The van der Waals surface area contributed by atoms with Gasteiger partial charge in [-0.2, -0.15) is 0 Å². The molecule has 1 unspecified atom stereocenters. The molecule has 0 saturated carbocycles. The lowest BCUT2D eigenvalue weighted by Gasteiger charge is -2.26. The molecule has 0 amide bonds. The molecule has 0 aliphatic carbocycles. The van der Waals surface area contributed by atoms with Crippen LogP contribution in [0.1, 0.15) is 20.8 Å². The summed E-state index contributed by atoms with van der Waals surface area (Å²) in [4.78, 5) is 10.7. The fraction of sp³-hybridized carbons (Fsp3) is 0.692. The van der Waals surface area contributed by atoms with Gasteiger partial charge in [0.1, 0.15) is 22.4 Å². The summed E-state index contributed by atoms with van der Waals surface area (Å²) in [5, 5.41) is 6.71. The van der Waals surface area contributed by atoms with E-state index < -0.39 is 0 Å². The highest BCUT2D eigenvalue weighted by Crippen LogP contribution is 2.27. The Kier molecular flexibility index (Phi) is 6.51. The van der Waals surface area contributed by atoms with Gasteiger partial charge in [0.05, 0.1) is 0 Å². The first-order valence-electron chi connectivity index (χ1n) is 6.61. The fourth-order valence-corrected chi connectivity index (χ4v) is 2.21. The fourth-order valence-electron chi connectivity index (χ4n) is 1.75. The second-order valence-electron chi connectivity index (χ2n) is 5.17. The molecule has 0 bridgehead atoms. The first-order valence-corrected chi connectivity index (χ1v) is 7.40. The van der Waals surface area contributed by atoms with Gasteiger partial charge in [-0.3, -0.25) is 0 Å². The molecule has 6 heteroatoms. The Morgan fingerprint density at radius 1 is 1.26 bits per heavy atom. The average Bonchev–Trinajstić information content (AvgIpc) is 2.32. The molecule has 0 fully saturated rings. The first-order chi connectivity index (χ1) is 8.95. The predicted octanol–water partition coefficient (Wildman–Crippen LogP) is 2.67. The lowest BCUT2D eigenvalue weighted by atomic mass is 10.0. The lowest BCUT2D eigenvalue weighted by Crippen LogP contribution is -2.36. The molecule has 0 radical (unpaired) electrons. The zero-order valence-corrected chi connectivity index (χ0v) is 14.0. The maximum atomic E-state index is 4.32. The van der Waals surface area contributed by atoms with Gasteiger partial charge in [0.15, 0.2) is 0 Å². The maximum Gasteiger partial charge on any atom is 0.146 e. The topological polar surface area (TPSA) is 53.1 Å². The molecule has 0 spiro atoms. The highest BCUT2D eigenvalue weighted by atomic mass is 79.9. The second-order valence-corrected chi connectivity index (χ2v) is 5.97. The Labute approximate surface area is 124 Å². The summed E-state index contributed by atoms with van der Waals surface area (Å²) in [6, 6.07) is 0.343. The molecule has 1 heterocycles. The number of aromatic nitrogens is 2. The van der Waals surface area contributed by atoms with Gasteiger partial charge >= 0.3 is 0 Å². The number of likely N-dealkylation sites (N-methyl/N-ethyl adjacent to an activating group) is 1. The van der Waals surface area contributed by atoms with Crippen LogP contribution in [0, 0.1) is 5.92 Å². The zero-order valence-electron chi connectivity index (χ0n) is 12.4. The van der Waals surface area contributed by atoms with Gasteiger partial charge < -0.3 is 15.5 Å². The van der Waals surface area contributed by atoms with Gasteiger partial charge in [0.2, 0.25) is 0 Å². The Balaban J connectivity index is 2.87. The summed E-state index contributed by atoms with van der Waals surface area (Å²) in [5.41, 5.74) is 0. The molecule has 19 heavy (non-hydrogen) atoms. The van der Waals surface area contributed by atoms with Crippen molar-refractivity contribution in [3.8, 4) is 0 Å². The first kappa shape index (κ1) is 16.2. The largest absolute Gasteiger partial charge is 0.369 e. The van der Waals surface area contributed by atoms with Crippen LogP contribution in [0.5, 0.6) is 0 Å². The number of hydrogen-bond acceptors (Lipinski definition) is 5. The quantitative estimate of drug-likeness (QED) is 0.805. The number of nitrogens with one attached hydrogen (secondary N) is 2. The molecule has 1 atom stereocenters. The van der Waals surface area contributed by atoms with Crippen LogP contribution in [-0.2, 0) is 0 Å².